The highest BCUT2D eigenvalue weighted by Gasteiger charge is 1.90. The molecule has 9 heavy (non-hydrogen) atoms. The minimum Gasteiger partial charge on any atom is -0.398 e. The molecule has 0 aliphatic heterocycles. The molecule has 0 saturated heterocycles. The third-order valence-corrected chi connectivity index (χ3v) is 0.683. The minimum absolute atomic E-state index is 0.113. The summed E-state index contributed by atoms with van der Waals surface area (Å²) in [6.07, 6.45) is 1.02. The first-order chi connectivity index (χ1) is 4.04. The van der Waals surface area contributed by atoms with E-state index in [1.165, 1.54) is 0 Å². The van der Waals surface area contributed by atoms with Crippen molar-refractivity contribution in [1.29, 1.82) is 0 Å². The van der Waals surface area contributed by atoms with Crippen molar-refractivity contribution in [3.05, 3.63) is 36.5 Å². The Morgan fingerprint density at radius 2 is 1.78 bits per heavy atom. The van der Waals surface area contributed by atoms with E-state index in [0.29, 0.717) is 0 Å². The van der Waals surface area contributed by atoms with Crippen molar-refractivity contribution in [2.45, 2.75) is 0 Å². The number of hydrogen-bond acceptors (Lipinski definition) is 2. The second kappa shape index (κ2) is 2.91. The summed E-state index contributed by atoms with van der Waals surface area (Å²) in [6.45, 7) is 6.24. The molecule has 0 aliphatic carbocycles. The van der Waals surface area contributed by atoms with E-state index in [0.717, 1.165) is 6.08 Å². The van der Waals surface area contributed by atoms with Crippen LogP contribution in [0.25, 0.3) is 0 Å². The highest BCUT2D eigenvalue weighted by atomic mass is 19.1. The van der Waals surface area contributed by atoms with Crippen LogP contribution in [0.3, 0.4) is 0 Å². The van der Waals surface area contributed by atoms with Gasteiger partial charge in [-0.3, -0.25) is 0 Å². The van der Waals surface area contributed by atoms with Gasteiger partial charge in [0.25, 0.3) is 0 Å². The number of halogens is 1. The molecule has 0 rings (SSSR count). The van der Waals surface area contributed by atoms with Crippen molar-refractivity contribution in [2.24, 2.45) is 11.5 Å². The van der Waals surface area contributed by atoms with Crippen molar-refractivity contribution < 1.29 is 4.39 Å². The molecule has 0 heterocycles. The van der Waals surface area contributed by atoms with Crippen molar-refractivity contribution in [3.63, 3.8) is 0 Å². The van der Waals surface area contributed by atoms with E-state index in [1.54, 1.807) is 0 Å². The molecule has 0 spiro atoms. The fourth-order valence-corrected chi connectivity index (χ4v) is 0.261. The Balaban J connectivity index is 4.17. The summed E-state index contributed by atoms with van der Waals surface area (Å²) in [7, 11) is 0. The second-order valence-electron chi connectivity index (χ2n) is 1.57. The molecular weight excluding hydrogens is 119 g/mol. The van der Waals surface area contributed by atoms with Crippen LogP contribution in [0, 0.1) is 0 Å². The summed E-state index contributed by atoms with van der Waals surface area (Å²) in [5.74, 6) is -0.626. The van der Waals surface area contributed by atoms with Gasteiger partial charge in [-0.25, -0.2) is 4.39 Å². The maximum atomic E-state index is 11.9. The van der Waals surface area contributed by atoms with Crippen LogP contribution in [0.15, 0.2) is 36.5 Å². The number of rotatable bonds is 2. The van der Waals surface area contributed by atoms with Gasteiger partial charge in [-0.1, -0.05) is 13.2 Å². The topological polar surface area (TPSA) is 52.0 Å². The molecule has 50 valence electrons. The van der Waals surface area contributed by atoms with Crippen LogP contribution in [0.4, 0.5) is 4.39 Å². The molecule has 0 fully saturated rings. The first-order valence-corrected chi connectivity index (χ1v) is 2.30. The van der Waals surface area contributed by atoms with Gasteiger partial charge in [0.15, 0.2) is 0 Å². The summed E-state index contributed by atoms with van der Waals surface area (Å²) in [5, 5.41) is 0. The van der Waals surface area contributed by atoms with Crippen LogP contribution in [0.5, 0.6) is 0 Å². The van der Waals surface area contributed by atoms with Gasteiger partial charge in [0, 0.05) is 5.70 Å². The zero-order valence-corrected chi connectivity index (χ0v) is 5.02. The lowest BCUT2D eigenvalue weighted by atomic mass is 10.3. The lowest BCUT2D eigenvalue weighted by Crippen LogP contribution is -2.07. The Morgan fingerprint density at radius 3 is 1.89 bits per heavy atom. The Hall–Kier alpha value is -1.25. The Labute approximate surface area is 53.3 Å². The first kappa shape index (κ1) is 7.75. The zero-order valence-electron chi connectivity index (χ0n) is 5.02. The first-order valence-electron chi connectivity index (χ1n) is 2.30. The van der Waals surface area contributed by atoms with E-state index in [1.807, 2.05) is 0 Å². The highest BCUT2D eigenvalue weighted by Crippen LogP contribution is 1.99. The van der Waals surface area contributed by atoms with Gasteiger partial charge in [0.05, 0.1) is 5.70 Å². The summed E-state index contributed by atoms with van der Waals surface area (Å²) < 4.78 is 11.9. The van der Waals surface area contributed by atoms with Gasteiger partial charge in [0.1, 0.15) is 5.83 Å². The van der Waals surface area contributed by atoms with Crippen molar-refractivity contribution in [2.75, 3.05) is 0 Å². The number of allylic oxidation sites excluding steroid dienone is 2. The predicted octanol–water partition coefficient (Wildman–Crippen LogP) is 0.785. The number of hydrogen-bond donors (Lipinski definition) is 2. The van der Waals surface area contributed by atoms with Gasteiger partial charge in [-0.05, 0) is 6.08 Å². The molecule has 0 aromatic carbocycles. The van der Waals surface area contributed by atoms with Crippen LogP contribution in [0.1, 0.15) is 0 Å². The molecule has 0 unspecified atom stereocenters. The summed E-state index contributed by atoms with van der Waals surface area (Å²) in [6, 6.07) is 0. The molecular formula is C6H9FN2. The second-order valence-corrected chi connectivity index (χ2v) is 1.57. The van der Waals surface area contributed by atoms with E-state index in [4.69, 9.17) is 11.5 Å². The maximum Gasteiger partial charge on any atom is 0.118 e. The highest BCUT2D eigenvalue weighted by molar-refractivity contribution is 5.27. The normalized spacial score (nSPS) is 11.0. The molecule has 0 bridgehead atoms. The van der Waals surface area contributed by atoms with Crippen molar-refractivity contribution in [1.82, 2.24) is 0 Å². The third kappa shape index (κ3) is 3.34. The summed E-state index contributed by atoms with van der Waals surface area (Å²) in [4.78, 5) is 0. The van der Waals surface area contributed by atoms with Crippen LogP contribution < -0.4 is 11.5 Å². The minimum atomic E-state index is -0.626. The standard InChI is InChI=1S/C6H9FN2/c1-4(7)3-6(9)5(2)8/h3H,1-2,8-9H2/b6-3+. The summed E-state index contributed by atoms with van der Waals surface area (Å²) in [5.41, 5.74) is 10.5. The molecule has 0 aliphatic rings. The Morgan fingerprint density at radius 1 is 1.33 bits per heavy atom. The fourth-order valence-electron chi connectivity index (χ4n) is 0.261. The average Bonchev–Trinajstić information content (AvgIpc) is 1.63. The molecule has 0 aromatic rings. The van der Waals surface area contributed by atoms with Gasteiger partial charge >= 0.3 is 0 Å². The monoisotopic (exact) mass is 128 g/mol. The van der Waals surface area contributed by atoms with E-state index in [2.05, 4.69) is 13.2 Å². The lowest BCUT2D eigenvalue weighted by Gasteiger charge is -1.95. The Bertz CT molecular complexity index is 170. The predicted molar refractivity (Wildman–Crippen MR) is 35.8 cm³/mol. The summed E-state index contributed by atoms with van der Waals surface area (Å²) >= 11 is 0. The largest absolute Gasteiger partial charge is 0.398 e. The molecule has 0 aromatic heterocycles. The van der Waals surface area contributed by atoms with Crippen LogP contribution in [-0.4, -0.2) is 0 Å². The maximum absolute atomic E-state index is 11.9. The molecule has 0 radical (unpaired) electrons. The lowest BCUT2D eigenvalue weighted by molar-refractivity contribution is 0.669. The van der Waals surface area contributed by atoms with E-state index < -0.39 is 5.83 Å². The molecule has 4 N–H and O–H groups in total. The Kier molecular flexibility index (Phi) is 2.51. The van der Waals surface area contributed by atoms with Gasteiger partial charge in [0.2, 0.25) is 0 Å². The third-order valence-electron chi connectivity index (χ3n) is 0.683. The van der Waals surface area contributed by atoms with Crippen molar-refractivity contribution >= 4 is 0 Å². The SMILES string of the molecule is C=C(F)/C=C(/N)C(=C)N. The fraction of sp³-hybridized carbons (Fsp3) is 0. The van der Waals surface area contributed by atoms with E-state index in [-0.39, 0.29) is 11.4 Å². The molecule has 0 atom stereocenters. The quantitative estimate of drug-likeness (QED) is 0.540. The van der Waals surface area contributed by atoms with Gasteiger partial charge < -0.3 is 11.5 Å². The smallest absolute Gasteiger partial charge is 0.118 e. The van der Waals surface area contributed by atoms with Crippen molar-refractivity contribution in [3.8, 4) is 0 Å². The zero-order chi connectivity index (χ0) is 7.44. The van der Waals surface area contributed by atoms with Crippen LogP contribution in [0.2, 0.25) is 0 Å². The molecule has 3 heteroatoms. The average molecular weight is 128 g/mol. The van der Waals surface area contributed by atoms with Gasteiger partial charge in [-0.2, -0.15) is 0 Å². The molecule has 2 nitrogen and oxygen atoms in total. The van der Waals surface area contributed by atoms with Gasteiger partial charge in [-0.15, -0.1) is 0 Å². The molecule has 0 saturated carbocycles. The van der Waals surface area contributed by atoms with Crippen LogP contribution >= 0.6 is 0 Å². The van der Waals surface area contributed by atoms with E-state index in [9.17, 15) is 4.39 Å². The number of nitrogens with two attached hydrogens (primary N) is 2. The molecule has 0 amide bonds. The van der Waals surface area contributed by atoms with Crippen LogP contribution in [-0.2, 0) is 0 Å². The van der Waals surface area contributed by atoms with E-state index >= 15 is 0 Å².